The topological polar surface area (TPSA) is 0 Å². The second-order valence-corrected chi connectivity index (χ2v) is 0.667. The summed E-state index contributed by atoms with van der Waals surface area (Å²) in [6.07, 6.45) is 4.70. The van der Waals surface area contributed by atoms with Crippen molar-refractivity contribution in [1.29, 1.82) is 0 Å². The molecule has 0 spiro atoms. The highest BCUT2D eigenvalue weighted by Crippen LogP contribution is 1.63. The molecule has 0 aliphatic rings. The van der Waals surface area contributed by atoms with Crippen LogP contribution in [-0.2, 0) is 0 Å². The fourth-order valence-electron chi connectivity index (χ4n) is 0. The average Bonchev–Trinajstić information content (AvgIpc) is 1.37. The van der Waals surface area contributed by atoms with Crippen molar-refractivity contribution in [2.45, 2.75) is 0 Å². The fourth-order valence-corrected chi connectivity index (χ4v) is 0. The fraction of sp³-hybridized carbons (Fsp3) is 0. The third-order valence-corrected chi connectivity index (χ3v) is 0.289. The molecule has 0 aromatic heterocycles. The van der Waals surface area contributed by atoms with Gasteiger partial charge in [-0.3, -0.25) is 0 Å². The van der Waals surface area contributed by atoms with Gasteiger partial charge in [0, 0.05) is 0 Å². The Morgan fingerprint density at radius 1 is 2.00 bits per heavy atom. The van der Waals surface area contributed by atoms with Crippen molar-refractivity contribution >= 4 is 16.1 Å². The van der Waals surface area contributed by atoms with Crippen molar-refractivity contribution in [2.24, 2.45) is 0 Å². The minimum absolute atomic E-state index is 1.57. The lowest BCUT2D eigenvalue weighted by molar-refractivity contribution is 3.07. The Morgan fingerprint density at radius 3 is 2.25 bits per heavy atom. The maximum Gasteiger partial charge on any atom is 0.241 e. The van der Waals surface area contributed by atoms with E-state index >= 15 is 0 Å². The van der Waals surface area contributed by atoms with Gasteiger partial charge in [0.1, 0.15) is 0 Å². The molecular weight excluding hydrogens is 65.8 g/mol. The van der Waals surface area contributed by atoms with Crippen LogP contribution in [0.5, 0.6) is 0 Å². The van der Waals surface area contributed by atoms with E-state index in [1.165, 1.54) is 0 Å². The molecular formula is C2H3BP. The lowest BCUT2D eigenvalue weighted by Crippen LogP contribution is -1.55. The molecule has 0 aromatic rings. The van der Waals surface area contributed by atoms with Crippen molar-refractivity contribution in [3.05, 3.63) is 0 Å². The van der Waals surface area contributed by atoms with Crippen LogP contribution < -0.4 is 0 Å². The summed E-state index contributed by atoms with van der Waals surface area (Å²) in [5, 5.41) is 0. The van der Waals surface area contributed by atoms with Gasteiger partial charge in [0.15, 0.2) is 0 Å². The van der Waals surface area contributed by atoms with Crippen molar-refractivity contribution in [3.63, 3.8) is 0 Å². The smallest absolute Gasteiger partial charge is 0.162 e. The Hall–Kier alpha value is 0.0549. The highest BCUT2D eigenvalue weighted by atomic mass is 31.0. The second kappa shape index (κ2) is 3.05. The molecule has 0 rings (SSSR count). The van der Waals surface area contributed by atoms with Crippen LogP contribution >= 0.6 is 9.12 Å². The van der Waals surface area contributed by atoms with E-state index < -0.39 is 0 Å². The maximum absolute atomic E-state index is 4.70. The van der Waals surface area contributed by atoms with Gasteiger partial charge in [-0.25, -0.2) is 0 Å². The highest BCUT2D eigenvalue weighted by Gasteiger charge is 1.52. The van der Waals surface area contributed by atoms with E-state index in [0.29, 0.717) is 0 Å². The van der Waals surface area contributed by atoms with Crippen LogP contribution in [0.1, 0.15) is 0 Å². The maximum atomic E-state index is 4.70. The summed E-state index contributed by atoms with van der Waals surface area (Å²) in [6.45, 7) is 1.57. The molecule has 1 radical (unpaired) electrons. The molecule has 0 saturated carbocycles. The first-order valence-corrected chi connectivity index (χ1v) is 1.58. The van der Waals surface area contributed by atoms with Gasteiger partial charge in [-0.1, -0.05) is 0 Å². The third-order valence-electron chi connectivity index (χ3n) is 0.0962. The van der Waals surface area contributed by atoms with Crippen LogP contribution in [0.3, 0.4) is 0 Å². The minimum atomic E-state index is 1.57. The Kier molecular flexibility index (Phi) is 3.10. The first-order chi connectivity index (χ1) is 1.91. The van der Waals surface area contributed by atoms with E-state index in [-0.39, 0.29) is 0 Å². The summed E-state index contributed by atoms with van der Waals surface area (Å²) in [4.78, 5) is 0. The summed E-state index contributed by atoms with van der Waals surface area (Å²) in [7, 11) is 2.29. The third kappa shape index (κ3) is 2.05. The van der Waals surface area contributed by atoms with Crippen molar-refractivity contribution < 1.29 is 0 Å². The first-order valence-electron chi connectivity index (χ1n) is 0.911. The quantitative estimate of drug-likeness (QED) is 0.214. The van der Waals surface area contributed by atoms with Crippen LogP contribution in [0, 0.1) is 12.2 Å². The van der Waals surface area contributed by atoms with Crippen LogP contribution in [0.15, 0.2) is 0 Å². The molecule has 0 fully saturated rings. The first kappa shape index (κ1) is 4.05. The van der Waals surface area contributed by atoms with E-state index in [0.717, 1.165) is 0 Å². The van der Waals surface area contributed by atoms with Gasteiger partial charge in [0.05, 0.1) is 0 Å². The summed E-state index contributed by atoms with van der Waals surface area (Å²) in [5.74, 6) is 2.27. The zero-order valence-electron chi connectivity index (χ0n) is 2.23. The largest absolute Gasteiger partial charge is 0.241 e. The van der Waals surface area contributed by atoms with Crippen molar-refractivity contribution in [3.8, 4) is 12.2 Å². The SMILES string of the molecule is C#C[B]P. The summed E-state index contributed by atoms with van der Waals surface area (Å²) in [5.41, 5.74) is 0. The molecule has 0 heterocycles. The highest BCUT2D eigenvalue weighted by molar-refractivity contribution is 7.57. The van der Waals surface area contributed by atoms with Crippen LogP contribution in [0.2, 0.25) is 0 Å². The van der Waals surface area contributed by atoms with E-state index in [1.54, 1.807) is 7.00 Å². The predicted octanol–water partition coefficient (Wildman–Crippen LogP) is 0.0714. The second-order valence-electron chi connectivity index (χ2n) is 0.333. The molecule has 1 unspecified atom stereocenters. The normalized spacial score (nSPS) is 4.00. The Balaban J connectivity index is 2.43. The molecule has 0 saturated heterocycles. The molecule has 4 heavy (non-hydrogen) atoms. The monoisotopic (exact) mass is 69.0 g/mol. The van der Waals surface area contributed by atoms with E-state index in [1.807, 2.05) is 0 Å². The molecule has 19 valence electrons. The molecule has 0 nitrogen and oxygen atoms in total. The van der Waals surface area contributed by atoms with Gasteiger partial charge >= 0.3 is 0 Å². The van der Waals surface area contributed by atoms with Crippen molar-refractivity contribution in [1.82, 2.24) is 0 Å². The van der Waals surface area contributed by atoms with E-state index in [9.17, 15) is 0 Å². The Morgan fingerprint density at radius 2 is 2.25 bits per heavy atom. The number of hydrogen-bond acceptors (Lipinski definition) is 0. The zero-order chi connectivity index (χ0) is 3.41. The molecule has 2 heteroatoms. The molecule has 0 aliphatic heterocycles. The predicted molar refractivity (Wildman–Crippen MR) is 24.3 cm³/mol. The summed E-state index contributed by atoms with van der Waals surface area (Å²) >= 11 is 0. The van der Waals surface area contributed by atoms with Gasteiger partial charge in [-0.05, 0) is 0 Å². The molecule has 1 atom stereocenters. The number of rotatable bonds is 0. The average molecular weight is 68.8 g/mol. The zero-order valence-corrected chi connectivity index (χ0v) is 3.39. The lowest BCUT2D eigenvalue weighted by atomic mass is 10.2. The van der Waals surface area contributed by atoms with Gasteiger partial charge in [-0.15, -0.1) is 6.42 Å². The van der Waals surface area contributed by atoms with Gasteiger partial charge in [0.2, 0.25) is 7.00 Å². The summed E-state index contributed by atoms with van der Waals surface area (Å²) in [6, 6.07) is 0. The van der Waals surface area contributed by atoms with Crippen LogP contribution in [-0.4, -0.2) is 7.00 Å². The lowest BCUT2D eigenvalue weighted by Gasteiger charge is -1.47. The molecule has 0 amide bonds. The van der Waals surface area contributed by atoms with Crippen LogP contribution in [0.4, 0.5) is 0 Å². The summed E-state index contributed by atoms with van der Waals surface area (Å²) < 4.78 is 0. The molecule has 0 N–H and O–H groups in total. The number of terminal acetylenes is 1. The van der Waals surface area contributed by atoms with Gasteiger partial charge in [-0.2, -0.15) is 14.9 Å². The molecule has 0 bridgehead atoms. The van der Waals surface area contributed by atoms with Gasteiger partial charge in [0.25, 0.3) is 0 Å². The van der Waals surface area contributed by atoms with Crippen molar-refractivity contribution in [2.75, 3.05) is 0 Å². The molecule has 0 aromatic carbocycles. The van der Waals surface area contributed by atoms with Gasteiger partial charge < -0.3 is 0 Å². The van der Waals surface area contributed by atoms with E-state index in [2.05, 4.69) is 14.9 Å². The molecule has 0 aliphatic carbocycles. The van der Waals surface area contributed by atoms with Crippen LogP contribution in [0.25, 0.3) is 0 Å². The standard InChI is InChI=1S/C2H3BP/c1-2-3-4/h1H,4H2. The Labute approximate surface area is 29.4 Å². The Bertz CT molecular complexity index is 35.8. The minimum Gasteiger partial charge on any atom is -0.162 e. The number of hydrogen-bond donors (Lipinski definition) is 0. The van der Waals surface area contributed by atoms with E-state index in [4.69, 9.17) is 6.42 Å².